The highest BCUT2D eigenvalue weighted by molar-refractivity contribution is 5.80. The topological polar surface area (TPSA) is 49.4 Å². The molecule has 3 saturated carbocycles. The molecule has 0 aromatic carbocycles. The third-order valence-electron chi connectivity index (χ3n) is 10.5. The second kappa shape index (κ2) is 7.90. The number of piperidine rings is 1. The molecule has 1 heterocycles. The highest BCUT2D eigenvalue weighted by atomic mass is 19.4. The Morgan fingerprint density at radius 2 is 1.69 bits per heavy atom. The van der Waals surface area contributed by atoms with E-state index in [4.69, 9.17) is 0 Å². The summed E-state index contributed by atoms with van der Waals surface area (Å²) >= 11 is 0. The minimum Gasteiger partial charge on any atom is -0.353 e. The van der Waals surface area contributed by atoms with E-state index in [0.717, 1.165) is 51.9 Å². The van der Waals surface area contributed by atoms with Gasteiger partial charge >= 0.3 is 6.18 Å². The van der Waals surface area contributed by atoms with Gasteiger partial charge in [-0.05, 0) is 80.5 Å². The van der Waals surface area contributed by atoms with Crippen molar-refractivity contribution < 1.29 is 22.8 Å². The van der Waals surface area contributed by atoms with Crippen LogP contribution in [-0.4, -0.2) is 42.0 Å². The Balaban J connectivity index is 1.50. The van der Waals surface area contributed by atoms with Crippen LogP contribution in [0.4, 0.5) is 13.2 Å². The third-order valence-corrected chi connectivity index (χ3v) is 10.5. The molecule has 9 atom stereocenters. The van der Waals surface area contributed by atoms with E-state index in [1.165, 1.54) is 6.92 Å². The van der Waals surface area contributed by atoms with Gasteiger partial charge in [0, 0.05) is 31.5 Å². The van der Waals surface area contributed by atoms with Crippen LogP contribution in [0.2, 0.25) is 0 Å². The fourth-order valence-corrected chi connectivity index (χ4v) is 8.31. The molecular formula is C25H39F3N2O2. The molecule has 4 rings (SSSR count). The predicted molar refractivity (Wildman–Crippen MR) is 116 cm³/mol. The van der Waals surface area contributed by atoms with E-state index in [9.17, 15) is 22.8 Å². The van der Waals surface area contributed by atoms with E-state index in [0.29, 0.717) is 30.2 Å². The van der Waals surface area contributed by atoms with E-state index >= 15 is 0 Å². The van der Waals surface area contributed by atoms with Gasteiger partial charge in [-0.15, -0.1) is 0 Å². The molecule has 7 heteroatoms. The number of rotatable bonds is 3. The first kappa shape index (κ1) is 23.9. The van der Waals surface area contributed by atoms with Gasteiger partial charge in [0.2, 0.25) is 11.8 Å². The smallest absolute Gasteiger partial charge is 0.353 e. The number of amides is 2. The Morgan fingerprint density at radius 1 is 1.03 bits per heavy atom. The fourth-order valence-electron chi connectivity index (χ4n) is 8.31. The maximum absolute atomic E-state index is 13.2. The second-order valence-corrected chi connectivity index (χ2v) is 11.8. The number of nitrogens with zero attached hydrogens (tertiary/aromatic N) is 1. The number of carbonyl (C=O) groups excluding carboxylic acids is 2. The second-order valence-electron chi connectivity index (χ2n) is 11.8. The molecule has 3 aliphatic carbocycles. The first-order valence-corrected chi connectivity index (χ1v) is 12.4. The van der Waals surface area contributed by atoms with Crippen LogP contribution in [0.5, 0.6) is 0 Å². The molecule has 0 bridgehead atoms. The summed E-state index contributed by atoms with van der Waals surface area (Å²) in [6.45, 7) is 7.19. The number of carbonyl (C=O) groups is 2. The van der Waals surface area contributed by atoms with E-state index < -0.39 is 18.1 Å². The Bertz CT molecular complexity index is 771. The summed E-state index contributed by atoms with van der Waals surface area (Å²) in [5.41, 5.74) is -0.0179. The van der Waals surface area contributed by atoms with Crippen LogP contribution in [0.1, 0.15) is 79.1 Å². The molecule has 0 spiro atoms. The van der Waals surface area contributed by atoms with Crippen LogP contribution in [0.3, 0.4) is 0 Å². The number of halogens is 3. The lowest BCUT2D eigenvalue weighted by Gasteiger charge is -2.61. The standard InChI is InChI=1S/C25H39F3N2O2/c1-14(25(26,27)28)15(2)29-22(32)19-8-7-17-16-6-9-20-24(4,13-11-21(31)30(20)5)18(16)10-12-23(17,19)3/h14-20H,6-13H2,1-5H3,(H,29,32)/t14?,15?,16-,17-,18-,19+,20+,23-,24+/m0/s1. The summed E-state index contributed by atoms with van der Waals surface area (Å²) in [5.74, 6) is -0.174. The summed E-state index contributed by atoms with van der Waals surface area (Å²) in [7, 11) is 1.96. The molecule has 1 saturated heterocycles. The first-order chi connectivity index (χ1) is 14.8. The van der Waals surface area contributed by atoms with Crippen molar-refractivity contribution in [2.75, 3.05) is 7.05 Å². The molecule has 2 amide bonds. The minimum atomic E-state index is -4.31. The number of fused-ring (bicyclic) bond motifs is 5. The average molecular weight is 457 g/mol. The monoisotopic (exact) mass is 456 g/mol. The van der Waals surface area contributed by atoms with Crippen LogP contribution in [0, 0.1) is 40.4 Å². The van der Waals surface area contributed by atoms with Crippen LogP contribution in [0.15, 0.2) is 0 Å². The Labute approximate surface area is 190 Å². The summed E-state index contributed by atoms with van der Waals surface area (Å²) in [4.78, 5) is 27.5. The molecule has 1 aliphatic heterocycles. The van der Waals surface area contributed by atoms with E-state index in [-0.39, 0.29) is 28.6 Å². The number of alkyl halides is 3. The minimum absolute atomic E-state index is 0.129. The highest BCUT2D eigenvalue weighted by Crippen LogP contribution is 2.66. The van der Waals surface area contributed by atoms with Gasteiger partial charge in [0.25, 0.3) is 0 Å². The zero-order valence-corrected chi connectivity index (χ0v) is 20.1. The quantitative estimate of drug-likeness (QED) is 0.637. The van der Waals surface area contributed by atoms with Crippen LogP contribution in [0.25, 0.3) is 0 Å². The van der Waals surface area contributed by atoms with E-state index in [2.05, 4.69) is 19.2 Å². The third kappa shape index (κ3) is 3.56. The Morgan fingerprint density at radius 3 is 2.34 bits per heavy atom. The molecule has 4 aliphatic rings. The maximum atomic E-state index is 13.2. The molecule has 2 unspecified atom stereocenters. The number of nitrogens with one attached hydrogen (secondary N) is 1. The molecule has 0 radical (unpaired) electrons. The summed E-state index contributed by atoms with van der Waals surface area (Å²) < 4.78 is 39.3. The Hall–Kier alpha value is -1.27. The number of hydrogen-bond donors (Lipinski definition) is 1. The van der Waals surface area contributed by atoms with Crippen molar-refractivity contribution >= 4 is 11.8 Å². The maximum Gasteiger partial charge on any atom is 0.393 e. The SMILES string of the molecule is CC(NC(=O)[C@H]1CC[C@H]2[C@@H]3CC[C@H]4N(C)C(=O)CC[C@]4(C)[C@H]3CC[C@]12C)C(C)C(F)(F)F. The molecule has 32 heavy (non-hydrogen) atoms. The van der Waals surface area contributed by atoms with Gasteiger partial charge in [0.15, 0.2) is 0 Å². The van der Waals surface area contributed by atoms with E-state index in [1.54, 1.807) is 0 Å². The summed E-state index contributed by atoms with van der Waals surface area (Å²) in [6, 6.07) is -0.620. The van der Waals surface area contributed by atoms with Gasteiger partial charge in [0.05, 0.1) is 5.92 Å². The van der Waals surface area contributed by atoms with Gasteiger partial charge in [-0.2, -0.15) is 13.2 Å². The van der Waals surface area contributed by atoms with Crippen molar-refractivity contribution in [2.24, 2.45) is 40.4 Å². The fraction of sp³-hybridized carbons (Fsp3) is 0.920. The number of likely N-dealkylation sites (tertiary alicyclic amines) is 1. The lowest BCUT2D eigenvalue weighted by Crippen LogP contribution is -2.61. The van der Waals surface area contributed by atoms with Crippen molar-refractivity contribution in [3.63, 3.8) is 0 Å². The molecule has 182 valence electrons. The van der Waals surface area contributed by atoms with Crippen LogP contribution in [-0.2, 0) is 9.59 Å². The average Bonchev–Trinajstić information content (AvgIpc) is 3.07. The van der Waals surface area contributed by atoms with Crippen LogP contribution < -0.4 is 5.32 Å². The highest BCUT2D eigenvalue weighted by Gasteiger charge is 2.62. The predicted octanol–water partition coefficient (Wildman–Crippen LogP) is 5.17. The molecular weight excluding hydrogens is 417 g/mol. The Kier molecular flexibility index (Phi) is 5.89. The van der Waals surface area contributed by atoms with Gasteiger partial charge in [-0.1, -0.05) is 20.8 Å². The van der Waals surface area contributed by atoms with Gasteiger partial charge in [-0.3, -0.25) is 9.59 Å². The van der Waals surface area contributed by atoms with Crippen molar-refractivity contribution in [1.29, 1.82) is 0 Å². The van der Waals surface area contributed by atoms with Crippen molar-refractivity contribution in [3.8, 4) is 0 Å². The molecule has 0 aromatic heterocycles. The van der Waals surface area contributed by atoms with Crippen molar-refractivity contribution in [1.82, 2.24) is 10.2 Å². The largest absolute Gasteiger partial charge is 0.393 e. The van der Waals surface area contributed by atoms with Gasteiger partial charge in [-0.25, -0.2) is 0 Å². The van der Waals surface area contributed by atoms with Crippen molar-refractivity contribution in [2.45, 2.75) is 97.3 Å². The van der Waals surface area contributed by atoms with Crippen molar-refractivity contribution in [3.05, 3.63) is 0 Å². The molecule has 0 aromatic rings. The van der Waals surface area contributed by atoms with Gasteiger partial charge in [0.1, 0.15) is 0 Å². The van der Waals surface area contributed by atoms with Crippen LogP contribution >= 0.6 is 0 Å². The first-order valence-electron chi connectivity index (χ1n) is 12.4. The van der Waals surface area contributed by atoms with Gasteiger partial charge < -0.3 is 10.2 Å². The normalized spacial score (nSPS) is 43.7. The molecule has 4 fully saturated rings. The summed E-state index contributed by atoms with van der Waals surface area (Å²) in [5, 5.41) is 2.72. The lowest BCUT2D eigenvalue weighted by molar-refractivity contribution is -0.177. The number of hydrogen-bond acceptors (Lipinski definition) is 2. The zero-order valence-electron chi connectivity index (χ0n) is 20.1. The zero-order chi connectivity index (χ0) is 23.6. The molecule has 4 nitrogen and oxygen atoms in total. The molecule has 1 N–H and O–H groups in total. The summed E-state index contributed by atoms with van der Waals surface area (Å²) in [6.07, 6.45) is 3.09. The van der Waals surface area contributed by atoms with E-state index in [1.807, 2.05) is 11.9 Å². The lowest BCUT2D eigenvalue weighted by atomic mass is 9.47.